The van der Waals surface area contributed by atoms with E-state index in [0.717, 1.165) is 35.4 Å². The summed E-state index contributed by atoms with van der Waals surface area (Å²) in [6, 6.07) is 16.7. The van der Waals surface area contributed by atoms with Crippen LogP contribution in [-0.4, -0.2) is 39.6 Å². The van der Waals surface area contributed by atoms with Crippen LogP contribution in [0.2, 0.25) is 0 Å². The predicted molar refractivity (Wildman–Crippen MR) is 129 cm³/mol. The van der Waals surface area contributed by atoms with Crippen LogP contribution >= 0.6 is 11.3 Å². The number of alkyl halides is 3. The van der Waals surface area contributed by atoms with Gasteiger partial charge in [-0.1, -0.05) is 35.6 Å². The van der Waals surface area contributed by atoms with Crippen molar-refractivity contribution in [2.75, 3.05) is 19.6 Å². The van der Waals surface area contributed by atoms with Crippen molar-refractivity contribution in [1.82, 2.24) is 14.9 Å². The molecule has 35 heavy (non-hydrogen) atoms. The second-order valence-electron chi connectivity index (χ2n) is 8.75. The van der Waals surface area contributed by atoms with Crippen LogP contribution in [0.15, 0.2) is 66.9 Å². The summed E-state index contributed by atoms with van der Waals surface area (Å²) in [7, 11) is 0. The maximum atomic E-state index is 13.1. The second kappa shape index (κ2) is 9.56. The number of benzene rings is 2. The summed E-state index contributed by atoms with van der Waals surface area (Å²) < 4.78 is 46.0. The Hall–Kier alpha value is -3.01. The van der Waals surface area contributed by atoms with E-state index in [1.165, 1.54) is 17.4 Å². The molecule has 3 heterocycles. The van der Waals surface area contributed by atoms with Gasteiger partial charge in [0.2, 0.25) is 0 Å². The molecule has 0 radical (unpaired) electrons. The fraction of sp³-hybridized carbons (Fsp3) is 0.308. The van der Waals surface area contributed by atoms with Crippen molar-refractivity contribution in [3.8, 4) is 10.9 Å². The molecule has 2 aromatic carbocycles. The molecule has 182 valence electrons. The highest BCUT2D eigenvalue weighted by molar-refractivity contribution is 7.20. The quantitative estimate of drug-likeness (QED) is 0.351. The molecule has 1 aliphatic heterocycles. The summed E-state index contributed by atoms with van der Waals surface area (Å²) in [4.78, 5) is 10.8. The molecular weight excluding hydrogens is 475 g/mol. The number of hydrogen-bond donors (Lipinski definition) is 1. The Kier molecular flexibility index (Phi) is 6.48. The third-order valence-corrected chi connectivity index (χ3v) is 7.29. The van der Waals surface area contributed by atoms with Crippen molar-refractivity contribution in [3.63, 3.8) is 0 Å². The monoisotopic (exact) mass is 499 g/mol. The number of aliphatic hydroxyl groups is 1. The zero-order valence-electron chi connectivity index (χ0n) is 18.8. The summed E-state index contributed by atoms with van der Waals surface area (Å²) in [5.41, 5.74) is 0.213. The van der Waals surface area contributed by atoms with Gasteiger partial charge in [0.1, 0.15) is 5.75 Å². The molecule has 0 unspecified atom stereocenters. The zero-order chi connectivity index (χ0) is 24.5. The molecule has 1 saturated heterocycles. The fourth-order valence-electron chi connectivity index (χ4n) is 4.33. The van der Waals surface area contributed by atoms with Gasteiger partial charge in [-0.15, -0.1) is 0 Å². The molecule has 2 aromatic heterocycles. The largest absolute Gasteiger partial charge is 0.431 e. The van der Waals surface area contributed by atoms with Crippen molar-refractivity contribution in [1.29, 1.82) is 0 Å². The number of aromatic nitrogens is 2. The van der Waals surface area contributed by atoms with E-state index in [1.54, 1.807) is 12.3 Å². The Morgan fingerprint density at radius 3 is 2.51 bits per heavy atom. The Balaban J connectivity index is 1.13. The number of piperidine rings is 1. The van der Waals surface area contributed by atoms with Crippen molar-refractivity contribution in [2.45, 2.75) is 31.0 Å². The number of rotatable bonds is 6. The van der Waals surface area contributed by atoms with Crippen LogP contribution in [0.1, 0.15) is 29.5 Å². The number of nitrogens with zero attached hydrogens (tertiary/aromatic N) is 3. The van der Waals surface area contributed by atoms with E-state index in [0.29, 0.717) is 48.1 Å². The van der Waals surface area contributed by atoms with Gasteiger partial charge in [-0.2, -0.15) is 18.2 Å². The van der Waals surface area contributed by atoms with E-state index in [9.17, 15) is 18.3 Å². The van der Waals surface area contributed by atoms with E-state index in [4.69, 9.17) is 4.74 Å². The molecule has 9 heteroatoms. The summed E-state index contributed by atoms with van der Waals surface area (Å²) in [6.07, 6.45) is -1.09. The summed E-state index contributed by atoms with van der Waals surface area (Å²) in [5, 5.41) is 11.6. The number of halogens is 3. The molecule has 0 saturated carbocycles. The minimum absolute atomic E-state index is 0.339. The van der Waals surface area contributed by atoms with Crippen LogP contribution in [0.3, 0.4) is 0 Å². The van der Waals surface area contributed by atoms with Crippen LogP contribution in [0, 0.1) is 0 Å². The fourth-order valence-corrected chi connectivity index (χ4v) is 5.12. The normalized spacial score (nSPS) is 16.5. The van der Waals surface area contributed by atoms with Crippen molar-refractivity contribution in [3.05, 3.63) is 83.6 Å². The minimum atomic E-state index is -4.42. The average molecular weight is 500 g/mol. The van der Waals surface area contributed by atoms with Gasteiger partial charge in [0.15, 0.2) is 5.65 Å². The second-order valence-corrected chi connectivity index (χ2v) is 9.75. The first-order valence-corrected chi connectivity index (χ1v) is 12.2. The lowest BCUT2D eigenvalue weighted by molar-refractivity contribution is -0.137. The van der Waals surface area contributed by atoms with Gasteiger partial charge in [0.05, 0.1) is 15.9 Å². The smallest absolute Gasteiger partial charge is 0.416 e. The molecule has 0 atom stereocenters. The highest BCUT2D eigenvalue weighted by atomic mass is 32.1. The minimum Gasteiger partial charge on any atom is -0.431 e. The van der Waals surface area contributed by atoms with E-state index >= 15 is 0 Å². The number of hydrogen-bond acceptors (Lipinski definition) is 6. The van der Waals surface area contributed by atoms with Crippen LogP contribution in [-0.2, 0) is 18.2 Å². The summed E-state index contributed by atoms with van der Waals surface area (Å²) >= 11 is 1.45. The molecule has 4 aromatic rings. The van der Waals surface area contributed by atoms with Gasteiger partial charge in [-0.05, 0) is 66.8 Å². The number of fused-ring (bicyclic) bond motifs is 1. The zero-order valence-corrected chi connectivity index (χ0v) is 19.6. The van der Waals surface area contributed by atoms with Crippen LogP contribution in [0.5, 0.6) is 10.9 Å². The molecule has 0 amide bonds. The number of ether oxygens (including phenoxy) is 1. The average Bonchev–Trinajstić information content (AvgIpc) is 3.26. The lowest BCUT2D eigenvalue weighted by Gasteiger charge is -2.38. The first-order valence-electron chi connectivity index (χ1n) is 11.4. The highest BCUT2D eigenvalue weighted by Crippen LogP contribution is 2.37. The molecule has 5 nitrogen and oxygen atoms in total. The topological polar surface area (TPSA) is 58.5 Å². The van der Waals surface area contributed by atoms with Gasteiger partial charge < -0.3 is 14.7 Å². The van der Waals surface area contributed by atoms with Crippen LogP contribution in [0.4, 0.5) is 13.2 Å². The lowest BCUT2D eigenvalue weighted by Crippen LogP contribution is -2.43. The number of pyridine rings is 1. The Bertz CT molecular complexity index is 1270. The van der Waals surface area contributed by atoms with Crippen LogP contribution in [0.25, 0.3) is 10.3 Å². The van der Waals surface area contributed by atoms with Crippen molar-refractivity contribution in [2.24, 2.45) is 0 Å². The van der Waals surface area contributed by atoms with Gasteiger partial charge in [-0.25, -0.2) is 4.98 Å². The Morgan fingerprint density at radius 1 is 1.03 bits per heavy atom. The van der Waals surface area contributed by atoms with E-state index in [2.05, 4.69) is 14.9 Å². The van der Waals surface area contributed by atoms with E-state index in [-0.39, 0.29) is 0 Å². The van der Waals surface area contributed by atoms with Gasteiger partial charge in [0, 0.05) is 25.8 Å². The lowest BCUT2D eigenvalue weighted by atomic mass is 9.83. The number of likely N-dealkylation sites (tertiary alicyclic amines) is 1. The predicted octanol–water partition coefficient (Wildman–Crippen LogP) is 6.03. The number of thiazole rings is 1. The maximum absolute atomic E-state index is 13.1. The third-order valence-electron chi connectivity index (χ3n) is 6.40. The molecular formula is C26H24F3N3O2S. The van der Waals surface area contributed by atoms with Gasteiger partial charge in [0.25, 0.3) is 5.19 Å². The molecule has 1 fully saturated rings. The molecule has 5 rings (SSSR count). The Morgan fingerprint density at radius 2 is 1.80 bits per heavy atom. The third kappa shape index (κ3) is 5.47. The maximum Gasteiger partial charge on any atom is 0.416 e. The Labute approximate surface area is 204 Å². The molecule has 0 aliphatic carbocycles. The van der Waals surface area contributed by atoms with Crippen LogP contribution < -0.4 is 4.74 Å². The highest BCUT2D eigenvalue weighted by Gasteiger charge is 2.36. The van der Waals surface area contributed by atoms with Crippen molar-refractivity contribution < 1.29 is 23.0 Å². The molecule has 1 N–H and O–H groups in total. The standard InChI is InChI=1S/C26H24F3N3O2S/c27-26(28,29)20-4-1-3-19(17-20)25(33)11-15-32(16-12-25)14-10-18-6-8-21(9-7-18)34-24-31-23-22(35-24)5-2-13-30-23/h1-9,13,17,33H,10-12,14-16H2. The molecule has 0 spiro atoms. The molecule has 0 bridgehead atoms. The van der Waals surface area contributed by atoms with Gasteiger partial charge in [-0.3, -0.25) is 0 Å². The first-order chi connectivity index (χ1) is 16.8. The van der Waals surface area contributed by atoms with E-state index in [1.807, 2.05) is 36.4 Å². The molecule has 1 aliphatic rings. The first kappa shape index (κ1) is 23.7. The van der Waals surface area contributed by atoms with Gasteiger partial charge >= 0.3 is 6.18 Å². The SMILES string of the molecule is OC1(c2cccc(C(F)(F)F)c2)CCN(CCc2ccc(Oc3nc4ncccc4s3)cc2)CC1. The summed E-state index contributed by atoms with van der Waals surface area (Å²) in [6.45, 7) is 2.06. The summed E-state index contributed by atoms with van der Waals surface area (Å²) in [5.74, 6) is 0.705. The van der Waals surface area contributed by atoms with Crippen molar-refractivity contribution >= 4 is 21.7 Å². The van der Waals surface area contributed by atoms with E-state index < -0.39 is 17.3 Å².